The number of hydrogen-bond acceptors (Lipinski definition) is 2. The molecular weight excluding hydrogens is 284 g/mol. The lowest BCUT2D eigenvalue weighted by Crippen LogP contribution is -2.39. The second kappa shape index (κ2) is 8.40. The van der Waals surface area contributed by atoms with Gasteiger partial charge in [-0.05, 0) is 29.9 Å². The minimum absolute atomic E-state index is 0. The number of nitrogens with two attached hydrogens (primary N) is 1. The zero-order valence-electron chi connectivity index (χ0n) is 13.8. The van der Waals surface area contributed by atoms with Gasteiger partial charge in [0, 0.05) is 18.5 Å². The Morgan fingerprint density at radius 3 is 2.14 bits per heavy atom. The van der Waals surface area contributed by atoms with Crippen LogP contribution in [0.15, 0.2) is 24.3 Å². The maximum absolute atomic E-state index is 11.8. The van der Waals surface area contributed by atoms with Crippen LogP contribution in [0.3, 0.4) is 0 Å². The highest BCUT2D eigenvalue weighted by atomic mass is 35.5. The Morgan fingerprint density at radius 2 is 1.71 bits per heavy atom. The van der Waals surface area contributed by atoms with Crippen LogP contribution in [0.2, 0.25) is 0 Å². The fourth-order valence-corrected chi connectivity index (χ4v) is 1.90. The lowest BCUT2D eigenvalue weighted by molar-refractivity contribution is -0.124. The summed E-state index contributed by atoms with van der Waals surface area (Å²) in [4.78, 5) is 11.8. The van der Waals surface area contributed by atoms with Gasteiger partial charge >= 0.3 is 0 Å². The van der Waals surface area contributed by atoms with E-state index in [1.165, 1.54) is 11.1 Å². The monoisotopic (exact) mass is 312 g/mol. The van der Waals surface area contributed by atoms with Crippen molar-refractivity contribution >= 4 is 18.3 Å². The fraction of sp³-hybridized carbons (Fsp3) is 0.588. The van der Waals surface area contributed by atoms with Gasteiger partial charge in [-0.1, -0.05) is 52.0 Å². The Balaban J connectivity index is 0.00000400. The van der Waals surface area contributed by atoms with Crippen LogP contribution in [-0.4, -0.2) is 18.5 Å². The van der Waals surface area contributed by atoms with Gasteiger partial charge in [-0.2, -0.15) is 0 Å². The SMILES string of the molecule is CC(N)C(C)C(=O)NCCc1ccc(C(C)(C)C)cc1.Cl. The highest BCUT2D eigenvalue weighted by molar-refractivity contribution is 5.85. The normalized spacial score (nSPS) is 14.0. The first-order valence-corrected chi connectivity index (χ1v) is 7.34. The second-order valence-corrected chi connectivity index (χ2v) is 6.64. The molecule has 120 valence electrons. The molecule has 0 bridgehead atoms. The van der Waals surface area contributed by atoms with Crippen LogP contribution < -0.4 is 11.1 Å². The van der Waals surface area contributed by atoms with Crippen LogP contribution in [0.1, 0.15) is 45.7 Å². The molecule has 0 aromatic heterocycles. The van der Waals surface area contributed by atoms with E-state index in [0.29, 0.717) is 6.54 Å². The largest absolute Gasteiger partial charge is 0.355 e. The summed E-state index contributed by atoms with van der Waals surface area (Å²) in [5.41, 5.74) is 8.47. The van der Waals surface area contributed by atoms with Crippen LogP contribution in [0.25, 0.3) is 0 Å². The Hall–Kier alpha value is -1.06. The van der Waals surface area contributed by atoms with Crippen molar-refractivity contribution in [2.24, 2.45) is 11.7 Å². The van der Waals surface area contributed by atoms with Crippen molar-refractivity contribution in [3.05, 3.63) is 35.4 Å². The number of halogens is 1. The van der Waals surface area contributed by atoms with Crippen LogP contribution in [0.5, 0.6) is 0 Å². The van der Waals surface area contributed by atoms with Gasteiger partial charge in [-0.25, -0.2) is 0 Å². The number of rotatable bonds is 5. The summed E-state index contributed by atoms with van der Waals surface area (Å²) in [5.74, 6) is -0.107. The lowest BCUT2D eigenvalue weighted by Gasteiger charge is -2.19. The predicted molar refractivity (Wildman–Crippen MR) is 91.9 cm³/mol. The van der Waals surface area contributed by atoms with E-state index < -0.39 is 0 Å². The van der Waals surface area contributed by atoms with E-state index in [9.17, 15) is 4.79 Å². The molecule has 3 nitrogen and oxygen atoms in total. The molecule has 2 atom stereocenters. The van der Waals surface area contributed by atoms with Gasteiger partial charge in [0.1, 0.15) is 0 Å². The average molecular weight is 313 g/mol. The smallest absolute Gasteiger partial charge is 0.224 e. The summed E-state index contributed by atoms with van der Waals surface area (Å²) in [5, 5.41) is 2.94. The molecule has 0 radical (unpaired) electrons. The van der Waals surface area contributed by atoms with Crippen molar-refractivity contribution in [2.45, 2.75) is 52.5 Å². The number of carbonyl (C=O) groups excluding carboxylic acids is 1. The zero-order chi connectivity index (χ0) is 15.3. The molecule has 0 spiro atoms. The van der Waals surface area contributed by atoms with Crippen molar-refractivity contribution in [1.82, 2.24) is 5.32 Å². The third kappa shape index (κ3) is 6.49. The molecule has 0 aliphatic rings. The van der Waals surface area contributed by atoms with Crippen molar-refractivity contribution < 1.29 is 4.79 Å². The van der Waals surface area contributed by atoms with Gasteiger partial charge in [-0.15, -0.1) is 12.4 Å². The zero-order valence-corrected chi connectivity index (χ0v) is 14.6. The highest BCUT2D eigenvalue weighted by Gasteiger charge is 2.16. The van der Waals surface area contributed by atoms with Crippen LogP contribution in [-0.2, 0) is 16.6 Å². The lowest BCUT2D eigenvalue weighted by atomic mass is 9.86. The van der Waals surface area contributed by atoms with Crippen molar-refractivity contribution in [1.29, 1.82) is 0 Å². The summed E-state index contributed by atoms with van der Waals surface area (Å²) < 4.78 is 0. The summed E-state index contributed by atoms with van der Waals surface area (Å²) in [6, 6.07) is 8.51. The minimum atomic E-state index is -0.140. The molecule has 0 fully saturated rings. The molecule has 21 heavy (non-hydrogen) atoms. The van der Waals surface area contributed by atoms with Gasteiger partial charge in [0.05, 0.1) is 0 Å². The molecule has 0 saturated heterocycles. The number of hydrogen-bond donors (Lipinski definition) is 2. The predicted octanol–water partition coefficient (Wildman–Crippen LogP) is 3.05. The maximum Gasteiger partial charge on any atom is 0.224 e. The molecule has 2 unspecified atom stereocenters. The Morgan fingerprint density at radius 1 is 1.19 bits per heavy atom. The van der Waals surface area contributed by atoms with E-state index in [-0.39, 0.29) is 35.7 Å². The molecule has 4 heteroatoms. The van der Waals surface area contributed by atoms with Gasteiger partial charge in [0.15, 0.2) is 0 Å². The van der Waals surface area contributed by atoms with E-state index in [1.807, 2.05) is 13.8 Å². The van der Waals surface area contributed by atoms with E-state index in [2.05, 4.69) is 50.4 Å². The van der Waals surface area contributed by atoms with Crippen LogP contribution >= 0.6 is 12.4 Å². The molecule has 1 rings (SSSR count). The summed E-state index contributed by atoms with van der Waals surface area (Å²) in [7, 11) is 0. The first-order chi connectivity index (χ1) is 9.21. The number of amides is 1. The summed E-state index contributed by atoms with van der Waals surface area (Å²) >= 11 is 0. The van der Waals surface area contributed by atoms with Crippen LogP contribution in [0.4, 0.5) is 0 Å². The van der Waals surface area contributed by atoms with E-state index in [0.717, 1.165) is 6.42 Å². The molecular formula is C17H29ClN2O. The molecule has 1 aromatic rings. The first kappa shape index (κ1) is 19.9. The summed E-state index contributed by atoms with van der Waals surface area (Å²) in [6.45, 7) is 11.0. The summed E-state index contributed by atoms with van der Waals surface area (Å²) in [6.07, 6.45) is 0.849. The van der Waals surface area contributed by atoms with Crippen molar-refractivity contribution in [3.63, 3.8) is 0 Å². The molecule has 1 aromatic carbocycles. The molecule has 0 saturated carbocycles. The maximum atomic E-state index is 11.8. The van der Waals surface area contributed by atoms with E-state index in [4.69, 9.17) is 5.73 Å². The average Bonchev–Trinajstić information content (AvgIpc) is 2.37. The third-order valence-electron chi connectivity index (χ3n) is 3.74. The van der Waals surface area contributed by atoms with Gasteiger partial charge in [0.2, 0.25) is 5.91 Å². The topological polar surface area (TPSA) is 55.1 Å². The Labute approximate surface area is 135 Å². The number of nitrogens with one attached hydrogen (secondary N) is 1. The van der Waals surface area contributed by atoms with E-state index >= 15 is 0 Å². The molecule has 1 amide bonds. The van der Waals surface area contributed by atoms with Crippen molar-refractivity contribution in [3.8, 4) is 0 Å². The molecule has 0 aliphatic heterocycles. The third-order valence-corrected chi connectivity index (χ3v) is 3.74. The number of carbonyl (C=O) groups is 1. The van der Waals surface area contributed by atoms with Gasteiger partial charge in [0.25, 0.3) is 0 Å². The minimum Gasteiger partial charge on any atom is -0.355 e. The van der Waals surface area contributed by atoms with E-state index in [1.54, 1.807) is 0 Å². The van der Waals surface area contributed by atoms with Gasteiger partial charge in [-0.3, -0.25) is 4.79 Å². The fourth-order valence-electron chi connectivity index (χ4n) is 1.90. The number of benzene rings is 1. The second-order valence-electron chi connectivity index (χ2n) is 6.64. The first-order valence-electron chi connectivity index (χ1n) is 7.34. The van der Waals surface area contributed by atoms with Crippen molar-refractivity contribution in [2.75, 3.05) is 6.54 Å². The van der Waals surface area contributed by atoms with Gasteiger partial charge < -0.3 is 11.1 Å². The van der Waals surface area contributed by atoms with Crippen LogP contribution in [0, 0.1) is 5.92 Å². The Bertz CT molecular complexity index is 435. The molecule has 0 heterocycles. The quantitative estimate of drug-likeness (QED) is 0.878. The highest BCUT2D eigenvalue weighted by Crippen LogP contribution is 2.22. The molecule has 3 N–H and O–H groups in total. The Kier molecular flexibility index (Phi) is 7.98. The molecule has 0 aliphatic carbocycles. The standard InChI is InChI=1S/C17H28N2O.ClH/c1-12(13(2)18)16(20)19-11-10-14-6-8-15(9-7-14)17(3,4)5;/h6-9,12-13H,10-11,18H2,1-5H3,(H,19,20);1H.